The van der Waals surface area contributed by atoms with Crippen molar-refractivity contribution in [1.29, 1.82) is 0 Å². The van der Waals surface area contributed by atoms with E-state index >= 15 is 0 Å². The molecule has 2 nitrogen and oxygen atoms in total. The van der Waals surface area contributed by atoms with Crippen molar-refractivity contribution in [2.75, 3.05) is 0 Å². The Hall–Kier alpha value is -1.57. The normalized spacial score (nSPS) is 10.8. The van der Waals surface area contributed by atoms with Gasteiger partial charge in [0.05, 0.1) is 5.69 Å². The van der Waals surface area contributed by atoms with Gasteiger partial charge in [0.15, 0.2) is 0 Å². The quantitative estimate of drug-likeness (QED) is 0.775. The zero-order valence-electron chi connectivity index (χ0n) is 11.6. The van der Waals surface area contributed by atoms with Crippen LogP contribution in [0.1, 0.15) is 37.9 Å². The Morgan fingerprint density at radius 2 is 1.83 bits per heavy atom. The first-order valence-corrected chi connectivity index (χ1v) is 6.88. The highest BCUT2D eigenvalue weighted by atomic mass is 15.3. The van der Waals surface area contributed by atoms with E-state index in [0.29, 0.717) is 0 Å². The van der Waals surface area contributed by atoms with Crippen molar-refractivity contribution in [2.24, 2.45) is 7.05 Å². The summed E-state index contributed by atoms with van der Waals surface area (Å²) in [6, 6.07) is 10.5. The smallest absolute Gasteiger partial charge is 0.0957 e. The first kappa shape index (κ1) is 12.9. The number of hydrogen-bond acceptors (Lipinski definition) is 1. The van der Waals surface area contributed by atoms with E-state index in [9.17, 15) is 0 Å². The van der Waals surface area contributed by atoms with Crippen molar-refractivity contribution < 1.29 is 0 Å². The topological polar surface area (TPSA) is 17.8 Å². The predicted molar refractivity (Wildman–Crippen MR) is 76.6 cm³/mol. The molecule has 0 atom stereocenters. The second kappa shape index (κ2) is 5.85. The lowest BCUT2D eigenvalue weighted by atomic mass is 10.00. The minimum atomic E-state index is 1.05. The summed E-state index contributed by atoms with van der Waals surface area (Å²) in [7, 11) is 2.06. The molecule has 0 aliphatic heterocycles. The molecule has 2 heteroatoms. The summed E-state index contributed by atoms with van der Waals surface area (Å²) in [6.45, 7) is 4.45. The number of hydrogen-bond donors (Lipinski definition) is 0. The zero-order valence-corrected chi connectivity index (χ0v) is 11.6. The van der Waals surface area contributed by atoms with Crippen molar-refractivity contribution in [3.63, 3.8) is 0 Å². The maximum absolute atomic E-state index is 4.72. The van der Waals surface area contributed by atoms with Crippen LogP contribution in [0.2, 0.25) is 0 Å². The van der Waals surface area contributed by atoms with Gasteiger partial charge in [0.25, 0.3) is 0 Å². The molecule has 1 aromatic carbocycles. The third-order valence-electron chi connectivity index (χ3n) is 3.44. The highest BCUT2D eigenvalue weighted by molar-refractivity contribution is 5.64. The lowest BCUT2D eigenvalue weighted by Gasteiger charge is -2.04. The molecule has 0 fully saturated rings. The number of benzene rings is 1. The van der Waals surface area contributed by atoms with Crippen LogP contribution in [0.25, 0.3) is 11.3 Å². The maximum Gasteiger partial charge on any atom is 0.0957 e. The van der Waals surface area contributed by atoms with Crippen LogP contribution in [0.4, 0.5) is 0 Å². The van der Waals surface area contributed by atoms with Gasteiger partial charge < -0.3 is 0 Å². The molecule has 0 N–H and O–H groups in total. The standard InChI is InChI=1S/C16H22N2/c1-4-6-12-14-15(5-2)18(3)17-16(14)13-10-8-7-9-11-13/h7-11H,4-6,12H2,1-3H3. The van der Waals surface area contributed by atoms with Gasteiger partial charge in [-0.25, -0.2) is 0 Å². The van der Waals surface area contributed by atoms with E-state index in [1.54, 1.807) is 0 Å². The van der Waals surface area contributed by atoms with Gasteiger partial charge in [-0.15, -0.1) is 0 Å². The fraction of sp³-hybridized carbons (Fsp3) is 0.438. The highest BCUT2D eigenvalue weighted by Crippen LogP contribution is 2.26. The molecule has 18 heavy (non-hydrogen) atoms. The number of rotatable bonds is 5. The number of nitrogens with zero attached hydrogens (tertiary/aromatic N) is 2. The molecule has 0 unspecified atom stereocenters. The maximum atomic E-state index is 4.72. The molecular formula is C16H22N2. The fourth-order valence-corrected chi connectivity index (χ4v) is 2.49. The molecule has 0 saturated carbocycles. The number of unbranched alkanes of at least 4 members (excludes halogenated alkanes) is 1. The van der Waals surface area contributed by atoms with E-state index in [1.807, 2.05) is 4.68 Å². The minimum Gasteiger partial charge on any atom is -0.272 e. The molecular weight excluding hydrogens is 220 g/mol. The van der Waals surface area contributed by atoms with Crippen molar-refractivity contribution in [1.82, 2.24) is 9.78 Å². The van der Waals surface area contributed by atoms with Crippen LogP contribution in [-0.4, -0.2) is 9.78 Å². The van der Waals surface area contributed by atoms with E-state index in [1.165, 1.54) is 35.4 Å². The van der Waals surface area contributed by atoms with Crippen LogP contribution in [0, 0.1) is 0 Å². The Bertz CT molecular complexity index is 497. The van der Waals surface area contributed by atoms with Crippen LogP contribution in [0.15, 0.2) is 30.3 Å². The van der Waals surface area contributed by atoms with E-state index in [0.717, 1.165) is 12.8 Å². The molecule has 0 spiro atoms. The summed E-state index contributed by atoms with van der Waals surface area (Å²) in [4.78, 5) is 0. The average molecular weight is 242 g/mol. The van der Waals surface area contributed by atoms with Crippen molar-refractivity contribution in [3.05, 3.63) is 41.6 Å². The Balaban J connectivity index is 2.46. The van der Waals surface area contributed by atoms with E-state index in [-0.39, 0.29) is 0 Å². The van der Waals surface area contributed by atoms with Crippen LogP contribution in [0.3, 0.4) is 0 Å². The summed E-state index contributed by atoms with van der Waals surface area (Å²) in [5.41, 5.74) is 5.22. The molecule has 0 bridgehead atoms. The van der Waals surface area contributed by atoms with Crippen LogP contribution >= 0.6 is 0 Å². The molecule has 0 aliphatic carbocycles. The predicted octanol–water partition coefficient (Wildman–Crippen LogP) is 3.99. The van der Waals surface area contributed by atoms with E-state index in [2.05, 4.69) is 51.2 Å². The van der Waals surface area contributed by atoms with Crippen LogP contribution in [-0.2, 0) is 19.9 Å². The Morgan fingerprint density at radius 1 is 1.11 bits per heavy atom. The summed E-state index contributed by atoms with van der Waals surface area (Å²) >= 11 is 0. The second-order valence-corrected chi connectivity index (χ2v) is 4.72. The zero-order chi connectivity index (χ0) is 13.0. The highest BCUT2D eigenvalue weighted by Gasteiger charge is 2.15. The van der Waals surface area contributed by atoms with Gasteiger partial charge in [-0.3, -0.25) is 4.68 Å². The monoisotopic (exact) mass is 242 g/mol. The fourth-order valence-electron chi connectivity index (χ4n) is 2.49. The molecule has 1 aromatic heterocycles. The van der Waals surface area contributed by atoms with E-state index in [4.69, 9.17) is 5.10 Å². The number of aryl methyl sites for hydroxylation is 1. The summed E-state index contributed by atoms with van der Waals surface area (Å²) in [6.07, 6.45) is 4.65. The molecule has 0 aliphatic rings. The minimum absolute atomic E-state index is 1.05. The van der Waals surface area contributed by atoms with Gasteiger partial charge >= 0.3 is 0 Å². The van der Waals surface area contributed by atoms with Crippen molar-refractivity contribution in [3.8, 4) is 11.3 Å². The average Bonchev–Trinajstić information content (AvgIpc) is 2.73. The molecule has 96 valence electrons. The molecule has 1 heterocycles. The Labute approximate surface area is 110 Å². The first-order valence-electron chi connectivity index (χ1n) is 6.88. The Morgan fingerprint density at radius 3 is 2.44 bits per heavy atom. The van der Waals surface area contributed by atoms with Gasteiger partial charge in [0.1, 0.15) is 0 Å². The molecule has 2 rings (SSSR count). The van der Waals surface area contributed by atoms with Crippen LogP contribution in [0.5, 0.6) is 0 Å². The van der Waals surface area contributed by atoms with E-state index < -0.39 is 0 Å². The third-order valence-corrected chi connectivity index (χ3v) is 3.44. The largest absolute Gasteiger partial charge is 0.272 e. The van der Waals surface area contributed by atoms with Gasteiger partial charge in [-0.1, -0.05) is 50.6 Å². The number of aromatic nitrogens is 2. The van der Waals surface area contributed by atoms with Gasteiger partial charge in [-0.05, 0) is 19.3 Å². The van der Waals surface area contributed by atoms with Gasteiger partial charge in [-0.2, -0.15) is 5.10 Å². The Kier molecular flexibility index (Phi) is 4.19. The third kappa shape index (κ3) is 2.47. The lowest BCUT2D eigenvalue weighted by Crippen LogP contribution is -1.98. The van der Waals surface area contributed by atoms with Crippen molar-refractivity contribution in [2.45, 2.75) is 39.5 Å². The first-order chi connectivity index (χ1) is 8.77. The summed E-state index contributed by atoms with van der Waals surface area (Å²) < 4.78 is 2.05. The second-order valence-electron chi connectivity index (χ2n) is 4.72. The van der Waals surface area contributed by atoms with Gasteiger partial charge in [0.2, 0.25) is 0 Å². The summed E-state index contributed by atoms with van der Waals surface area (Å²) in [5, 5.41) is 4.72. The lowest BCUT2D eigenvalue weighted by molar-refractivity contribution is 0.710. The molecule has 0 saturated heterocycles. The van der Waals surface area contributed by atoms with Crippen LogP contribution < -0.4 is 0 Å². The summed E-state index contributed by atoms with van der Waals surface area (Å²) in [5.74, 6) is 0. The molecule has 0 amide bonds. The van der Waals surface area contributed by atoms with Crippen molar-refractivity contribution >= 4 is 0 Å². The SMILES string of the molecule is CCCCc1c(-c2ccccc2)nn(C)c1CC. The molecule has 0 radical (unpaired) electrons. The molecule has 2 aromatic rings. The van der Waals surface area contributed by atoms with Gasteiger partial charge in [0, 0.05) is 23.9 Å².